The molecular formula is C17H12BrF3N2O3. The number of fused-ring (bicyclic) bond motifs is 1. The number of hydrogen-bond donors (Lipinski definition) is 1. The number of furan rings is 1. The Kier molecular flexibility index (Phi) is 5.17. The Bertz CT molecular complexity index is 940. The predicted octanol–water partition coefficient (Wildman–Crippen LogP) is 4.46. The summed E-state index contributed by atoms with van der Waals surface area (Å²) in [5.41, 5.74) is 1.12. The van der Waals surface area contributed by atoms with E-state index in [2.05, 4.69) is 31.0 Å². The summed E-state index contributed by atoms with van der Waals surface area (Å²) < 4.78 is 47.4. The van der Waals surface area contributed by atoms with Gasteiger partial charge in [0.15, 0.2) is 12.4 Å². The van der Waals surface area contributed by atoms with Gasteiger partial charge >= 0.3 is 6.18 Å². The molecule has 0 unspecified atom stereocenters. The number of benzene rings is 1. The lowest BCUT2D eigenvalue weighted by Crippen LogP contribution is -2.22. The summed E-state index contributed by atoms with van der Waals surface area (Å²) in [6.45, 7) is -1.34. The number of alkyl halides is 3. The smallest absolute Gasteiger partial charge is 0.422 e. The number of amides is 1. The molecule has 0 bridgehead atoms. The maximum absolute atomic E-state index is 12.2. The summed E-state index contributed by atoms with van der Waals surface area (Å²) in [5.74, 6) is -0.463. The van der Waals surface area contributed by atoms with E-state index < -0.39 is 18.7 Å². The van der Waals surface area contributed by atoms with Crippen molar-refractivity contribution >= 4 is 32.8 Å². The van der Waals surface area contributed by atoms with E-state index in [-0.39, 0.29) is 18.2 Å². The number of hydrogen-bond acceptors (Lipinski definition) is 4. The Morgan fingerprint density at radius 3 is 2.81 bits per heavy atom. The molecule has 2 aromatic heterocycles. The second-order valence-corrected chi connectivity index (χ2v) is 6.30. The fourth-order valence-electron chi connectivity index (χ4n) is 2.19. The first-order valence-electron chi connectivity index (χ1n) is 7.42. The zero-order valence-electron chi connectivity index (χ0n) is 13.1. The summed E-state index contributed by atoms with van der Waals surface area (Å²) in [6.07, 6.45) is -3.13. The van der Waals surface area contributed by atoms with Crippen LogP contribution < -0.4 is 10.1 Å². The van der Waals surface area contributed by atoms with Crippen LogP contribution in [0.1, 0.15) is 16.1 Å². The largest absolute Gasteiger partial charge is 0.468 e. The van der Waals surface area contributed by atoms with Crippen molar-refractivity contribution in [3.8, 4) is 5.88 Å². The number of nitrogens with zero attached hydrogens (tertiary/aromatic N) is 1. The molecule has 1 amide bonds. The van der Waals surface area contributed by atoms with Gasteiger partial charge in [-0.25, -0.2) is 4.98 Å². The van der Waals surface area contributed by atoms with Gasteiger partial charge in [0.1, 0.15) is 5.58 Å². The summed E-state index contributed by atoms with van der Waals surface area (Å²) in [4.78, 5) is 15.9. The van der Waals surface area contributed by atoms with Crippen LogP contribution in [0.3, 0.4) is 0 Å². The van der Waals surface area contributed by atoms with E-state index in [0.29, 0.717) is 11.1 Å². The molecule has 1 N–H and O–H groups in total. The molecule has 0 saturated heterocycles. The first-order valence-corrected chi connectivity index (χ1v) is 8.21. The minimum Gasteiger partial charge on any atom is -0.468 e. The van der Waals surface area contributed by atoms with Crippen LogP contribution in [0.5, 0.6) is 5.88 Å². The molecule has 2 heterocycles. The van der Waals surface area contributed by atoms with Crippen molar-refractivity contribution in [1.82, 2.24) is 10.3 Å². The Morgan fingerprint density at radius 1 is 1.23 bits per heavy atom. The molecule has 136 valence electrons. The third-order valence-corrected chi connectivity index (χ3v) is 3.83. The molecule has 0 fully saturated rings. The van der Waals surface area contributed by atoms with Gasteiger partial charge in [-0.3, -0.25) is 4.79 Å². The standard InChI is InChI=1S/C17H12BrF3N2O3/c18-12-1-2-13-11(6-12)7-14(26-13)16(24)23-8-10-3-4-22-15(5-10)25-9-17(19,20)21/h1-7H,8-9H2,(H,23,24). The molecule has 5 nitrogen and oxygen atoms in total. The average molecular weight is 429 g/mol. The molecule has 0 aliphatic rings. The van der Waals surface area contributed by atoms with E-state index in [1.165, 1.54) is 12.3 Å². The van der Waals surface area contributed by atoms with Crippen molar-refractivity contribution in [3.05, 3.63) is 58.4 Å². The lowest BCUT2D eigenvalue weighted by Gasteiger charge is -2.09. The van der Waals surface area contributed by atoms with E-state index in [1.807, 2.05) is 6.07 Å². The number of halogens is 4. The minimum absolute atomic E-state index is 0.0878. The number of carbonyl (C=O) groups is 1. The monoisotopic (exact) mass is 428 g/mol. The van der Waals surface area contributed by atoms with Crippen molar-refractivity contribution in [2.45, 2.75) is 12.7 Å². The van der Waals surface area contributed by atoms with Gasteiger partial charge < -0.3 is 14.5 Å². The van der Waals surface area contributed by atoms with Crippen LogP contribution in [0.4, 0.5) is 13.2 Å². The SMILES string of the molecule is O=C(NCc1ccnc(OCC(F)(F)F)c1)c1cc2cc(Br)ccc2o1. The molecule has 9 heteroatoms. The zero-order chi connectivity index (χ0) is 18.7. The number of carbonyl (C=O) groups excluding carboxylic acids is 1. The molecule has 0 spiro atoms. The van der Waals surface area contributed by atoms with Crippen molar-refractivity contribution in [2.75, 3.05) is 6.61 Å². The van der Waals surface area contributed by atoms with E-state index in [9.17, 15) is 18.0 Å². The van der Waals surface area contributed by atoms with Gasteiger partial charge in [0.25, 0.3) is 5.91 Å². The average Bonchev–Trinajstić information content (AvgIpc) is 3.01. The molecule has 0 saturated carbocycles. The Labute approximate surface area is 154 Å². The third kappa shape index (κ3) is 4.75. The number of aromatic nitrogens is 1. The number of nitrogens with one attached hydrogen (secondary N) is 1. The summed E-state index contributed by atoms with van der Waals surface area (Å²) in [5, 5.41) is 3.41. The highest BCUT2D eigenvalue weighted by atomic mass is 79.9. The van der Waals surface area contributed by atoms with E-state index in [0.717, 1.165) is 9.86 Å². The lowest BCUT2D eigenvalue weighted by molar-refractivity contribution is -0.154. The van der Waals surface area contributed by atoms with E-state index in [4.69, 9.17) is 4.42 Å². The number of pyridine rings is 1. The first kappa shape index (κ1) is 18.2. The second kappa shape index (κ2) is 7.36. The van der Waals surface area contributed by atoms with Crippen molar-refractivity contribution in [2.24, 2.45) is 0 Å². The predicted molar refractivity (Wildman–Crippen MR) is 90.9 cm³/mol. The van der Waals surface area contributed by atoms with Gasteiger partial charge in [-0.05, 0) is 35.9 Å². The third-order valence-electron chi connectivity index (χ3n) is 3.34. The van der Waals surface area contributed by atoms with Gasteiger partial charge in [0, 0.05) is 28.7 Å². The second-order valence-electron chi connectivity index (χ2n) is 5.38. The van der Waals surface area contributed by atoms with Crippen LogP contribution in [-0.4, -0.2) is 23.7 Å². The molecule has 3 rings (SSSR count). The topological polar surface area (TPSA) is 64.4 Å². The van der Waals surface area contributed by atoms with Crippen LogP contribution in [0, 0.1) is 0 Å². The molecule has 0 radical (unpaired) electrons. The van der Waals surface area contributed by atoms with E-state index in [1.54, 1.807) is 24.3 Å². The number of ether oxygens (including phenoxy) is 1. The fraction of sp³-hybridized carbons (Fsp3) is 0.176. The van der Waals surface area contributed by atoms with Crippen LogP contribution in [-0.2, 0) is 6.54 Å². The number of rotatable bonds is 5. The van der Waals surface area contributed by atoms with Crippen LogP contribution >= 0.6 is 15.9 Å². The fourth-order valence-corrected chi connectivity index (χ4v) is 2.57. The molecule has 0 aliphatic carbocycles. The van der Waals surface area contributed by atoms with Gasteiger partial charge in [0.05, 0.1) is 0 Å². The molecule has 1 aromatic carbocycles. The minimum atomic E-state index is -4.44. The van der Waals surface area contributed by atoms with Gasteiger partial charge in [0.2, 0.25) is 5.88 Å². The normalized spacial score (nSPS) is 11.5. The van der Waals surface area contributed by atoms with Crippen LogP contribution in [0.25, 0.3) is 11.0 Å². The summed E-state index contributed by atoms with van der Waals surface area (Å²) in [6, 6.07) is 9.87. The van der Waals surface area contributed by atoms with Gasteiger partial charge in [-0.1, -0.05) is 15.9 Å². The summed E-state index contributed by atoms with van der Waals surface area (Å²) >= 11 is 3.34. The van der Waals surface area contributed by atoms with Crippen molar-refractivity contribution < 1.29 is 27.1 Å². The molecule has 0 atom stereocenters. The Balaban J connectivity index is 1.63. The Morgan fingerprint density at radius 2 is 2.04 bits per heavy atom. The van der Waals surface area contributed by atoms with Crippen molar-refractivity contribution in [1.29, 1.82) is 0 Å². The highest BCUT2D eigenvalue weighted by molar-refractivity contribution is 9.10. The molecular weight excluding hydrogens is 417 g/mol. The van der Waals surface area contributed by atoms with Gasteiger partial charge in [-0.15, -0.1) is 0 Å². The van der Waals surface area contributed by atoms with Crippen molar-refractivity contribution in [3.63, 3.8) is 0 Å². The van der Waals surface area contributed by atoms with E-state index >= 15 is 0 Å². The molecule has 26 heavy (non-hydrogen) atoms. The lowest BCUT2D eigenvalue weighted by atomic mass is 10.2. The Hall–Kier alpha value is -2.55. The summed E-state index contributed by atoms with van der Waals surface area (Å²) in [7, 11) is 0. The highest BCUT2D eigenvalue weighted by Crippen LogP contribution is 2.23. The maximum atomic E-state index is 12.2. The van der Waals surface area contributed by atoms with Gasteiger partial charge in [-0.2, -0.15) is 13.2 Å². The quantitative estimate of drug-likeness (QED) is 0.651. The first-order chi connectivity index (χ1) is 12.3. The van der Waals surface area contributed by atoms with Crippen LogP contribution in [0.15, 0.2) is 51.5 Å². The maximum Gasteiger partial charge on any atom is 0.422 e. The molecule has 3 aromatic rings. The molecule has 0 aliphatic heterocycles. The van der Waals surface area contributed by atoms with Crippen LogP contribution in [0.2, 0.25) is 0 Å². The highest BCUT2D eigenvalue weighted by Gasteiger charge is 2.28. The zero-order valence-corrected chi connectivity index (χ0v) is 14.7.